The average molecular weight is 465 g/mol. The monoisotopic (exact) mass is 464 g/mol. The Labute approximate surface area is 194 Å². The van der Waals surface area contributed by atoms with Gasteiger partial charge in [-0.3, -0.25) is 14.3 Å². The van der Waals surface area contributed by atoms with Crippen molar-refractivity contribution in [1.82, 2.24) is 14.7 Å². The van der Waals surface area contributed by atoms with Crippen LogP contribution in [0.4, 0.5) is 5.69 Å². The molecule has 4 aromatic rings. The number of rotatable bonds is 5. The number of ether oxygens (including phenoxy) is 1. The molecule has 1 N–H and O–H groups in total. The SMILES string of the molecule is O=C(Nc1c(C(=O)N2CCOCC2)oc2ccccc12)c1cnn(Cc2ccccc2Cl)c1. The Morgan fingerprint density at radius 2 is 1.82 bits per heavy atom. The van der Waals surface area contributed by atoms with Gasteiger partial charge in [0.1, 0.15) is 11.3 Å². The van der Waals surface area contributed by atoms with Gasteiger partial charge in [-0.05, 0) is 23.8 Å². The third-order valence-electron chi connectivity index (χ3n) is 5.51. The van der Waals surface area contributed by atoms with Crippen LogP contribution in [0.1, 0.15) is 26.5 Å². The lowest BCUT2D eigenvalue weighted by Gasteiger charge is -2.26. The molecular weight excluding hydrogens is 444 g/mol. The highest BCUT2D eigenvalue weighted by atomic mass is 35.5. The lowest BCUT2D eigenvalue weighted by molar-refractivity contribution is 0.0285. The predicted octanol–water partition coefficient (Wildman–Crippen LogP) is 4.06. The lowest BCUT2D eigenvalue weighted by Crippen LogP contribution is -2.40. The number of para-hydroxylation sites is 1. The highest BCUT2D eigenvalue weighted by Crippen LogP contribution is 2.32. The number of fused-ring (bicyclic) bond motifs is 1. The largest absolute Gasteiger partial charge is 0.449 e. The Morgan fingerprint density at radius 1 is 1.06 bits per heavy atom. The van der Waals surface area contributed by atoms with Crippen LogP contribution >= 0.6 is 11.6 Å². The van der Waals surface area contributed by atoms with Crippen LogP contribution in [0, 0.1) is 0 Å². The first-order valence-corrected chi connectivity index (χ1v) is 10.9. The summed E-state index contributed by atoms with van der Waals surface area (Å²) in [7, 11) is 0. The predicted molar refractivity (Wildman–Crippen MR) is 124 cm³/mol. The number of carbonyl (C=O) groups excluding carboxylic acids is 2. The molecule has 2 amide bonds. The van der Waals surface area contributed by atoms with Crippen molar-refractivity contribution in [2.45, 2.75) is 6.54 Å². The van der Waals surface area contributed by atoms with Gasteiger partial charge in [0.15, 0.2) is 0 Å². The zero-order valence-corrected chi connectivity index (χ0v) is 18.4. The second-order valence-electron chi connectivity index (χ2n) is 7.68. The molecule has 0 unspecified atom stereocenters. The Hall–Kier alpha value is -3.62. The molecule has 2 aromatic heterocycles. The summed E-state index contributed by atoms with van der Waals surface area (Å²) < 4.78 is 12.8. The molecule has 1 aliphatic heterocycles. The molecule has 0 atom stereocenters. The van der Waals surface area contributed by atoms with Gasteiger partial charge in [-0.25, -0.2) is 0 Å². The van der Waals surface area contributed by atoms with E-state index in [0.717, 1.165) is 5.56 Å². The normalized spacial score (nSPS) is 13.9. The topological polar surface area (TPSA) is 89.6 Å². The Bertz CT molecular complexity index is 1320. The van der Waals surface area contributed by atoms with E-state index in [1.165, 1.54) is 6.20 Å². The first kappa shape index (κ1) is 21.2. The quantitative estimate of drug-likeness (QED) is 0.481. The van der Waals surface area contributed by atoms with Crippen molar-refractivity contribution in [2.75, 3.05) is 31.6 Å². The first-order valence-electron chi connectivity index (χ1n) is 10.6. The first-order chi connectivity index (χ1) is 16.1. The lowest BCUT2D eigenvalue weighted by atomic mass is 10.2. The number of nitrogens with zero attached hydrogens (tertiary/aromatic N) is 3. The van der Waals surface area contributed by atoms with Crippen molar-refractivity contribution >= 4 is 40.1 Å². The molecular formula is C24H21ClN4O4. The van der Waals surface area contributed by atoms with E-state index in [-0.39, 0.29) is 17.6 Å². The molecule has 0 aliphatic carbocycles. The number of carbonyl (C=O) groups is 2. The zero-order valence-electron chi connectivity index (χ0n) is 17.7. The maximum atomic E-state index is 13.1. The van der Waals surface area contributed by atoms with Gasteiger partial charge in [-0.2, -0.15) is 5.10 Å². The van der Waals surface area contributed by atoms with Crippen LogP contribution in [0.5, 0.6) is 0 Å². The third-order valence-corrected chi connectivity index (χ3v) is 5.88. The van der Waals surface area contributed by atoms with Crippen LogP contribution in [0.3, 0.4) is 0 Å². The van der Waals surface area contributed by atoms with E-state index in [0.29, 0.717) is 60.1 Å². The van der Waals surface area contributed by atoms with E-state index >= 15 is 0 Å². The Balaban J connectivity index is 1.41. The number of amides is 2. The van der Waals surface area contributed by atoms with E-state index in [2.05, 4.69) is 10.4 Å². The van der Waals surface area contributed by atoms with E-state index in [4.69, 9.17) is 20.8 Å². The molecule has 0 bridgehead atoms. The summed E-state index contributed by atoms with van der Waals surface area (Å²) >= 11 is 6.23. The summed E-state index contributed by atoms with van der Waals surface area (Å²) in [5.74, 6) is -0.558. The molecule has 1 saturated heterocycles. The summed E-state index contributed by atoms with van der Waals surface area (Å²) in [5.41, 5.74) is 2.13. The number of hydrogen-bond donors (Lipinski definition) is 1. The van der Waals surface area contributed by atoms with Crippen LogP contribution in [0.2, 0.25) is 5.02 Å². The van der Waals surface area contributed by atoms with Gasteiger partial charge >= 0.3 is 0 Å². The molecule has 9 heteroatoms. The van der Waals surface area contributed by atoms with E-state index in [1.54, 1.807) is 21.8 Å². The van der Waals surface area contributed by atoms with Crippen molar-refractivity contribution in [3.05, 3.63) is 82.8 Å². The Kier molecular flexibility index (Phi) is 5.85. The molecule has 0 radical (unpaired) electrons. The zero-order chi connectivity index (χ0) is 22.8. The molecule has 1 fully saturated rings. The maximum Gasteiger partial charge on any atom is 0.291 e. The van der Waals surface area contributed by atoms with Gasteiger partial charge in [0.2, 0.25) is 5.76 Å². The van der Waals surface area contributed by atoms with Crippen molar-refractivity contribution < 1.29 is 18.7 Å². The summed E-state index contributed by atoms with van der Waals surface area (Å²) in [4.78, 5) is 27.9. The number of benzene rings is 2. The van der Waals surface area contributed by atoms with Crippen molar-refractivity contribution in [1.29, 1.82) is 0 Å². The van der Waals surface area contributed by atoms with Crippen molar-refractivity contribution in [3.63, 3.8) is 0 Å². The number of morpholine rings is 1. The summed E-state index contributed by atoms with van der Waals surface area (Å²) in [5, 5.41) is 8.44. The van der Waals surface area contributed by atoms with Gasteiger partial charge < -0.3 is 19.4 Å². The molecule has 1 aliphatic rings. The second-order valence-corrected chi connectivity index (χ2v) is 8.09. The molecule has 33 heavy (non-hydrogen) atoms. The molecule has 168 valence electrons. The van der Waals surface area contributed by atoms with E-state index in [9.17, 15) is 9.59 Å². The van der Waals surface area contributed by atoms with Gasteiger partial charge in [0, 0.05) is 29.7 Å². The molecule has 8 nitrogen and oxygen atoms in total. The number of hydrogen-bond acceptors (Lipinski definition) is 5. The van der Waals surface area contributed by atoms with Crippen molar-refractivity contribution in [3.8, 4) is 0 Å². The van der Waals surface area contributed by atoms with Gasteiger partial charge in [0.25, 0.3) is 11.8 Å². The van der Waals surface area contributed by atoms with Gasteiger partial charge in [-0.15, -0.1) is 0 Å². The van der Waals surface area contributed by atoms with Crippen LogP contribution in [-0.2, 0) is 11.3 Å². The Morgan fingerprint density at radius 3 is 2.64 bits per heavy atom. The minimum absolute atomic E-state index is 0.106. The number of furan rings is 1. The molecule has 5 rings (SSSR count). The van der Waals surface area contributed by atoms with E-state index < -0.39 is 0 Å². The molecule has 0 spiro atoms. The highest BCUT2D eigenvalue weighted by Gasteiger charge is 2.28. The fraction of sp³-hybridized carbons (Fsp3) is 0.208. The third kappa shape index (κ3) is 4.35. The molecule has 2 aromatic carbocycles. The van der Waals surface area contributed by atoms with Gasteiger partial charge in [-0.1, -0.05) is 41.9 Å². The van der Waals surface area contributed by atoms with Crippen LogP contribution < -0.4 is 5.32 Å². The fourth-order valence-electron chi connectivity index (χ4n) is 3.78. The van der Waals surface area contributed by atoms with Crippen molar-refractivity contribution in [2.24, 2.45) is 0 Å². The minimum Gasteiger partial charge on any atom is -0.449 e. The summed E-state index contributed by atoms with van der Waals surface area (Å²) in [6.45, 7) is 2.31. The number of nitrogens with one attached hydrogen (secondary N) is 1. The molecule has 0 saturated carbocycles. The summed E-state index contributed by atoms with van der Waals surface area (Å²) in [6, 6.07) is 14.7. The summed E-state index contributed by atoms with van der Waals surface area (Å²) in [6.07, 6.45) is 3.13. The average Bonchev–Trinajstić information content (AvgIpc) is 3.46. The standard InChI is InChI=1S/C24H21ClN4O4/c25-19-7-3-1-5-16(19)14-29-15-17(13-26-29)23(30)27-21-18-6-2-4-8-20(18)33-22(21)24(31)28-9-11-32-12-10-28/h1-8,13,15H,9-12,14H2,(H,27,30). The van der Waals surface area contributed by atoms with E-state index in [1.807, 2.05) is 42.5 Å². The minimum atomic E-state index is -0.386. The number of anilines is 1. The maximum absolute atomic E-state index is 13.1. The fourth-order valence-corrected chi connectivity index (χ4v) is 3.98. The smallest absolute Gasteiger partial charge is 0.291 e. The second kappa shape index (κ2) is 9.09. The number of halogens is 1. The van der Waals surface area contributed by atoms with Gasteiger partial charge in [0.05, 0.1) is 31.5 Å². The van der Waals surface area contributed by atoms with Crippen LogP contribution in [0.15, 0.2) is 65.3 Å². The molecule has 3 heterocycles. The van der Waals surface area contributed by atoms with Crippen LogP contribution in [0.25, 0.3) is 11.0 Å². The van der Waals surface area contributed by atoms with Crippen LogP contribution in [-0.4, -0.2) is 52.8 Å². The highest BCUT2D eigenvalue weighted by molar-refractivity contribution is 6.31. The number of aromatic nitrogens is 2.